The second-order valence-electron chi connectivity index (χ2n) is 5.75. The van der Waals surface area contributed by atoms with Gasteiger partial charge in [-0.2, -0.15) is 4.31 Å². The molecule has 0 aromatic heterocycles. The van der Waals surface area contributed by atoms with Crippen molar-refractivity contribution in [2.75, 3.05) is 19.7 Å². The minimum atomic E-state index is -3.58. The first kappa shape index (κ1) is 14.9. The summed E-state index contributed by atoms with van der Waals surface area (Å²) in [6.07, 6.45) is 4.12. The molecule has 1 aromatic rings. The number of ether oxygens (including phenoxy) is 1. The molecule has 2 fully saturated rings. The van der Waals surface area contributed by atoms with Crippen LogP contribution in [0.15, 0.2) is 29.2 Å². The standard InChI is InChI=1S/C15H20FNO3S/c16-13-3-1-4-14(11-13)21(18,19)17-8-6-12(7-9-17)15-5-2-10-20-15/h1,3-4,11-12,15H,2,5-10H2. The van der Waals surface area contributed by atoms with E-state index in [0.717, 1.165) is 38.4 Å². The van der Waals surface area contributed by atoms with Crippen LogP contribution in [0, 0.1) is 11.7 Å². The first-order valence-electron chi connectivity index (χ1n) is 7.45. The quantitative estimate of drug-likeness (QED) is 0.861. The van der Waals surface area contributed by atoms with E-state index in [0.29, 0.717) is 25.1 Å². The fourth-order valence-electron chi connectivity index (χ4n) is 3.24. The van der Waals surface area contributed by atoms with Gasteiger partial charge in [-0.05, 0) is 49.8 Å². The molecule has 0 amide bonds. The molecule has 2 aliphatic rings. The van der Waals surface area contributed by atoms with E-state index in [1.807, 2.05) is 0 Å². The third-order valence-corrected chi connectivity index (χ3v) is 6.32. The summed E-state index contributed by atoms with van der Waals surface area (Å²) in [7, 11) is -3.58. The van der Waals surface area contributed by atoms with E-state index < -0.39 is 15.8 Å². The molecule has 0 bridgehead atoms. The largest absolute Gasteiger partial charge is 0.378 e. The van der Waals surface area contributed by atoms with E-state index in [4.69, 9.17) is 4.74 Å². The van der Waals surface area contributed by atoms with E-state index in [9.17, 15) is 12.8 Å². The predicted octanol–water partition coefficient (Wildman–Crippen LogP) is 2.41. The molecule has 21 heavy (non-hydrogen) atoms. The predicted molar refractivity (Wildman–Crippen MR) is 76.9 cm³/mol. The van der Waals surface area contributed by atoms with Crippen LogP contribution in [-0.4, -0.2) is 38.5 Å². The van der Waals surface area contributed by atoms with Gasteiger partial charge >= 0.3 is 0 Å². The summed E-state index contributed by atoms with van der Waals surface area (Å²) in [5.74, 6) is -0.0724. The summed E-state index contributed by atoms with van der Waals surface area (Å²) in [4.78, 5) is 0.0399. The molecule has 2 aliphatic heterocycles. The van der Waals surface area contributed by atoms with Crippen LogP contribution in [0.25, 0.3) is 0 Å². The monoisotopic (exact) mass is 313 g/mol. The summed E-state index contributed by atoms with van der Waals surface area (Å²) in [5.41, 5.74) is 0. The molecule has 0 N–H and O–H groups in total. The Kier molecular flexibility index (Phi) is 4.28. The molecule has 0 spiro atoms. The Morgan fingerprint density at radius 2 is 1.95 bits per heavy atom. The van der Waals surface area contributed by atoms with E-state index in [1.54, 1.807) is 0 Å². The number of hydrogen-bond acceptors (Lipinski definition) is 3. The topological polar surface area (TPSA) is 46.6 Å². The summed E-state index contributed by atoms with van der Waals surface area (Å²) in [6, 6.07) is 5.22. The number of rotatable bonds is 3. The lowest BCUT2D eigenvalue weighted by molar-refractivity contribution is 0.0425. The highest BCUT2D eigenvalue weighted by atomic mass is 32.2. The van der Waals surface area contributed by atoms with Crippen LogP contribution in [-0.2, 0) is 14.8 Å². The first-order valence-corrected chi connectivity index (χ1v) is 8.89. The Morgan fingerprint density at radius 3 is 2.57 bits per heavy atom. The molecule has 2 saturated heterocycles. The number of halogens is 1. The van der Waals surface area contributed by atoms with E-state index >= 15 is 0 Å². The average Bonchev–Trinajstić information content (AvgIpc) is 3.02. The normalized spacial score (nSPS) is 25.3. The van der Waals surface area contributed by atoms with Crippen LogP contribution in [0.5, 0.6) is 0 Å². The van der Waals surface area contributed by atoms with Gasteiger partial charge in [0.2, 0.25) is 10.0 Å². The third kappa shape index (κ3) is 3.12. The lowest BCUT2D eigenvalue weighted by Gasteiger charge is -2.33. The number of piperidine rings is 1. The highest BCUT2D eigenvalue weighted by molar-refractivity contribution is 7.89. The molecule has 6 heteroatoms. The Balaban J connectivity index is 1.68. The van der Waals surface area contributed by atoms with Gasteiger partial charge in [-0.3, -0.25) is 0 Å². The molecule has 0 radical (unpaired) electrons. The fraction of sp³-hybridized carbons (Fsp3) is 0.600. The van der Waals surface area contributed by atoms with Crippen molar-refractivity contribution in [3.8, 4) is 0 Å². The smallest absolute Gasteiger partial charge is 0.243 e. The Labute approximate surface area is 125 Å². The molecule has 3 rings (SSSR count). The van der Waals surface area contributed by atoms with Crippen molar-refractivity contribution in [1.82, 2.24) is 4.31 Å². The third-order valence-electron chi connectivity index (χ3n) is 4.42. The number of benzene rings is 1. The van der Waals surface area contributed by atoms with Gasteiger partial charge in [-0.15, -0.1) is 0 Å². The van der Waals surface area contributed by atoms with Crippen LogP contribution >= 0.6 is 0 Å². The van der Waals surface area contributed by atoms with Gasteiger partial charge in [-0.1, -0.05) is 6.07 Å². The second-order valence-corrected chi connectivity index (χ2v) is 7.69. The zero-order valence-electron chi connectivity index (χ0n) is 11.9. The lowest BCUT2D eigenvalue weighted by Crippen LogP contribution is -2.41. The van der Waals surface area contributed by atoms with Crippen LogP contribution in [0.4, 0.5) is 4.39 Å². The molecule has 4 nitrogen and oxygen atoms in total. The number of nitrogens with zero attached hydrogens (tertiary/aromatic N) is 1. The highest BCUT2D eigenvalue weighted by Crippen LogP contribution is 2.31. The van der Waals surface area contributed by atoms with Gasteiger partial charge in [0.05, 0.1) is 11.0 Å². The molecular formula is C15H20FNO3S. The maximum Gasteiger partial charge on any atom is 0.243 e. The number of sulfonamides is 1. The van der Waals surface area contributed by atoms with Crippen molar-refractivity contribution in [2.45, 2.75) is 36.7 Å². The van der Waals surface area contributed by atoms with Gasteiger partial charge in [-0.25, -0.2) is 12.8 Å². The van der Waals surface area contributed by atoms with Crippen molar-refractivity contribution < 1.29 is 17.5 Å². The summed E-state index contributed by atoms with van der Waals surface area (Å²) < 4.78 is 45.4. The fourth-order valence-corrected chi connectivity index (χ4v) is 4.74. The molecule has 1 aromatic carbocycles. The Hall–Kier alpha value is -0.980. The van der Waals surface area contributed by atoms with Crippen LogP contribution in [0.1, 0.15) is 25.7 Å². The summed E-state index contributed by atoms with van der Waals surface area (Å²) in [5, 5.41) is 0. The highest BCUT2D eigenvalue weighted by Gasteiger charge is 2.34. The van der Waals surface area contributed by atoms with Crippen molar-refractivity contribution in [3.63, 3.8) is 0 Å². The van der Waals surface area contributed by atoms with Crippen LogP contribution < -0.4 is 0 Å². The van der Waals surface area contributed by atoms with Crippen molar-refractivity contribution >= 4 is 10.0 Å². The molecule has 0 aliphatic carbocycles. The Bertz CT molecular complexity index is 591. The molecule has 2 heterocycles. The average molecular weight is 313 g/mol. The van der Waals surface area contributed by atoms with Crippen LogP contribution in [0.2, 0.25) is 0 Å². The van der Waals surface area contributed by atoms with Gasteiger partial charge in [0.25, 0.3) is 0 Å². The zero-order chi connectivity index (χ0) is 14.9. The number of hydrogen-bond donors (Lipinski definition) is 0. The van der Waals surface area contributed by atoms with Gasteiger partial charge in [0.1, 0.15) is 5.82 Å². The molecule has 1 atom stereocenters. The first-order chi connectivity index (χ1) is 10.1. The molecular weight excluding hydrogens is 293 g/mol. The van der Waals surface area contributed by atoms with E-state index in [2.05, 4.69) is 0 Å². The minimum Gasteiger partial charge on any atom is -0.378 e. The minimum absolute atomic E-state index is 0.0399. The molecule has 116 valence electrons. The van der Waals surface area contributed by atoms with E-state index in [1.165, 1.54) is 22.5 Å². The second kappa shape index (κ2) is 6.02. The summed E-state index contributed by atoms with van der Waals surface area (Å²) in [6.45, 7) is 1.80. The van der Waals surface area contributed by atoms with Gasteiger partial charge in [0, 0.05) is 19.7 Å². The Morgan fingerprint density at radius 1 is 1.19 bits per heavy atom. The van der Waals surface area contributed by atoms with Crippen molar-refractivity contribution in [2.24, 2.45) is 5.92 Å². The maximum atomic E-state index is 13.2. The van der Waals surface area contributed by atoms with Crippen molar-refractivity contribution in [1.29, 1.82) is 0 Å². The zero-order valence-corrected chi connectivity index (χ0v) is 12.7. The SMILES string of the molecule is O=S(=O)(c1cccc(F)c1)N1CCC(C2CCCO2)CC1. The maximum absolute atomic E-state index is 13.2. The van der Waals surface area contributed by atoms with Gasteiger partial charge in [0.15, 0.2) is 0 Å². The van der Waals surface area contributed by atoms with Crippen LogP contribution in [0.3, 0.4) is 0 Å². The van der Waals surface area contributed by atoms with Gasteiger partial charge < -0.3 is 4.74 Å². The summed E-state index contributed by atoms with van der Waals surface area (Å²) >= 11 is 0. The molecule has 0 saturated carbocycles. The van der Waals surface area contributed by atoms with Crippen molar-refractivity contribution in [3.05, 3.63) is 30.1 Å². The lowest BCUT2D eigenvalue weighted by atomic mass is 9.91. The van der Waals surface area contributed by atoms with E-state index in [-0.39, 0.29) is 4.90 Å². The molecule has 1 unspecified atom stereocenters.